The zero-order valence-corrected chi connectivity index (χ0v) is 14.2. The largest absolute Gasteiger partial charge is 0.339 e. The molecule has 0 unspecified atom stereocenters. The zero-order valence-electron chi connectivity index (χ0n) is 14.2. The molecule has 1 heterocycles. The minimum absolute atomic E-state index is 0.0654. The van der Waals surface area contributed by atoms with E-state index in [4.69, 9.17) is 0 Å². The van der Waals surface area contributed by atoms with Crippen LogP contribution in [-0.2, 0) is 4.79 Å². The summed E-state index contributed by atoms with van der Waals surface area (Å²) in [6.45, 7) is 2.24. The van der Waals surface area contributed by atoms with Gasteiger partial charge in [-0.2, -0.15) is 0 Å². The van der Waals surface area contributed by atoms with Gasteiger partial charge in [-0.15, -0.1) is 0 Å². The Morgan fingerprint density at radius 2 is 1.52 bits per heavy atom. The van der Waals surface area contributed by atoms with Crippen LogP contribution in [0.15, 0.2) is 0 Å². The highest BCUT2D eigenvalue weighted by Gasteiger charge is 2.39. The van der Waals surface area contributed by atoms with E-state index in [1.165, 1.54) is 44.9 Å². The van der Waals surface area contributed by atoms with Gasteiger partial charge in [-0.05, 0) is 31.6 Å². The Morgan fingerprint density at radius 1 is 0.913 bits per heavy atom. The van der Waals surface area contributed by atoms with Crippen molar-refractivity contribution < 1.29 is 9.59 Å². The molecule has 130 valence electrons. The Kier molecular flexibility index (Phi) is 5.79. The summed E-state index contributed by atoms with van der Waals surface area (Å²) in [7, 11) is 0. The smallest absolute Gasteiger partial charge is 0.314 e. The molecule has 0 bridgehead atoms. The van der Waals surface area contributed by atoms with Crippen molar-refractivity contribution in [2.75, 3.05) is 19.6 Å². The summed E-state index contributed by atoms with van der Waals surface area (Å²) in [6.07, 6.45) is 12.1. The maximum atomic E-state index is 12.0. The van der Waals surface area contributed by atoms with Gasteiger partial charge in [0.15, 0.2) is 0 Å². The molecule has 3 rings (SSSR count). The number of carbonyl (C=O) groups excluding carboxylic acids is 2. The highest BCUT2D eigenvalue weighted by atomic mass is 16.2. The third-order valence-electron chi connectivity index (χ3n) is 5.55. The summed E-state index contributed by atoms with van der Waals surface area (Å²) in [4.78, 5) is 25.9. The highest BCUT2D eigenvalue weighted by molar-refractivity contribution is 5.79. The minimum atomic E-state index is -0.0654. The van der Waals surface area contributed by atoms with Crippen molar-refractivity contribution in [2.45, 2.75) is 70.3 Å². The summed E-state index contributed by atoms with van der Waals surface area (Å²) >= 11 is 0. The van der Waals surface area contributed by atoms with Crippen molar-refractivity contribution in [2.24, 2.45) is 11.8 Å². The summed E-state index contributed by atoms with van der Waals surface area (Å²) < 4.78 is 0. The standard InChI is InChI=1S/C18H31N3O2/c22-17-10-15(13-21(17)16-8-9-16)12-20-18(23)19-11-14-6-4-2-1-3-5-7-14/h14-16H,1-13H2,(H2,19,20,23)/t15-/m0/s1. The monoisotopic (exact) mass is 321 g/mol. The van der Waals surface area contributed by atoms with Crippen LogP contribution in [0.25, 0.3) is 0 Å². The van der Waals surface area contributed by atoms with E-state index in [1.54, 1.807) is 0 Å². The number of rotatable bonds is 5. The molecular formula is C18H31N3O2. The molecule has 3 aliphatic rings. The molecule has 3 amide bonds. The van der Waals surface area contributed by atoms with Gasteiger partial charge in [-0.1, -0.05) is 32.1 Å². The van der Waals surface area contributed by atoms with Crippen LogP contribution < -0.4 is 10.6 Å². The first-order valence-corrected chi connectivity index (χ1v) is 9.53. The number of amides is 3. The average Bonchev–Trinajstić information content (AvgIpc) is 3.27. The second-order valence-electron chi connectivity index (χ2n) is 7.65. The minimum Gasteiger partial charge on any atom is -0.339 e. The number of hydrogen-bond donors (Lipinski definition) is 2. The molecule has 23 heavy (non-hydrogen) atoms. The molecule has 5 nitrogen and oxygen atoms in total. The average molecular weight is 321 g/mol. The quantitative estimate of drug-likeness (QED) is 0.818. The lowest BCUT2D eigenvalue weighted by molar-refractivity contribution is -0.128. The number of likely N-dealkylation sites (tertiary alicyclic amines) is 1. The van der Waals surface area contributed by atoms with Gasteiger partial charge in [0.05, 0.1) is 0 Å². The van der Waals surface area contributed by atoms with Crippen LogP contribution in [0.3, 0.4) is 0 Å². The fourth-order valence-electron chi connectivity index (χ4n) is 3.97. The van der Waals surface area contributed by atoms with Gasteiger partial charge in [0.2, 0.25) is 5.91 Å². The highest BCUT2D eigenvalue weighted by Crippen LogP contribution is 2.32. The van der Waals surface area contributed by atoms with Crippen LogP contribution >= 0.6 is 0 Å². The molecule has 1 saturated heterocycles. The van der Waals surface area contributed by atoms with Crippen LogP contribution in [0.1, 0.15) is 64.2 Å². The van der Waals surface area contributed by atoms with Crippen molar-refractivity contribution in [3.8, 4) is 0 Å². The van der Waals surface area contributed by atoms with Gasteiger partial charge in [0.1, 0.15) is 0 Å². The van der Waals surface area contributed by atoms with Crippen molar-refractivity contribution in [1.29, 1.82) is 0 Å². The van der Waals surface area contributed by atoms with Crippen molar-refractivity contribution in [1.82, 2.24) is 15.5 Å². The second kappa shape index (κ2) is 8.02. The molecule has 0 aromatic carbocycles. The van der Waals surface area contributed by atoms with Crippen LogP contribution in [-0.4, -0.2) is 42.5 Å². The van der Waals surface area contributed by atoms with E-state index in [9.17, 15) is 9.59 Å². The van der Waals surface area contributed by atoms with Gasteiger partial charge >= 0.3 is 6.03 Å². The fraction of sp³-hybridized carbons (Fsp3) is 0.889. The van der Waals surface area contributed by atoms with Crippen LogP contribution in [0.2, 0.25) is 0 Å². The Hall–Kier alpha value is -1.26. The van der Waals surface area contributed by atoms with Gasteiger partial charge in [0, 0.05) is 38.0 Å². The SMILES string of the molecule is O=C(NCC1CCCCCCC1)NC[C@@H]1CC(=O)N(C2CC2)C1. The third-order valence-corrected chi connectivity index (χ3v) is 5.55. The van der Waals surface area contributed by atoms with Crippen molar-refractivity contribution >= 4 is 11.9 Å². The second-order valence-corrected chi connectivity index (χ2v) is 7.65. The van der Waals surface area contributed by atoms with E-state index in [-0.39, 0.29) is 17.9 Å². The van der Waals surface area contributed by atoms with Crippen molar-refractivity contribution in [3.05, 3.63) is 0 Å². The van der Waals surface area contributed by atoms with E-state index in [2.05, 4.69) is 10.6 Å². The lowest BCUT2D eigenvalue weighted by Crippen LogP contribution is -2.41. The number of nitrogens with zero attached hydrogens (tertiary/aromatic N) is 1. The summed E-state index contributed by atoms with van der Waals surface area (Å²) in [6, 6.07) is 0.435. The molecular weight excluding hydrogens is 290 g/mol. The molecule has 2 N–H and O–H groups in total. The van der Waals surface area contributed by atoms with E-state index < -0.39 is 0 Å². The van der Waals surface area contributed by atoms with Crippen LogP contribution in [0.5, 0.6) is 0 Å². The first-order valence-electron chi connectivity index (χ1n) is 9.53. The maximum absolute atomic E-state index is 12.0. The van der Waals surface area contributed by atoms with E-state index >= 15 is 0 Å². The number of carbonyl (C=O) groups is 2. The molecule has 5 heteroatoms. The topological polar surface area (TPSA) is 61.4 Å². The molecule has 0 aromatic rings. The summed E-state index contributed by atoms with van der Waals surface area (Å²) in [5, 5.41) is 6.00. The van der Waals surface area contributed by atoms with Gasteiger partial charge in [-0.25, -0.2) is 4.79 Å². The van der Waals surface area contributed by atoms with E-state index in [0.717, 1.165) is 25.9 Å². The molecule has 2 aliphatic carbocycles. The lowest BCUT2D eigenvalue weighted by atomic mass is 9.91. The Labute approximate surface area is 139 Å². The molecule has 1 atom stereocenters. The van der Waals surface area contributed by atoms with Gasteiger partial charge in [-0.3, -0.25) is 4.79 Å². The summed E-state index contributed by atoms with van der Waals surface area (Å²) in [5.41, 5.74) is 0. The Balaban J connectivity index is 1.31. The fourth-order valence-corrected chi connectivity index (χ4v) is 3.97. The van der Waals surface area contributed by atoms with Crippen LogP contribution in [0, 0.1) is 11.8 Å². The van der Waals surface area contributed by atoms with Crippen LogP contribution in [0.4, 0.5) is 4.79 Å². The summed E-state index contributed by atoms with van der Waals surface area (Å²) in [5.74, 6) is 1.20. The Morgan fingerprint density at radius 3 is 2.17 bits per heavy atom. The number of hydrogen-bond acceptors (Lipinski definition) is 2. The molecule has 1 aliphatic heterocycles. The first-order chi connectivity index (χ1) is 11.2. The molecule has 3 fully saturated rings. The normalized spacial score (nSPS) is 26.7. The van der Waals surface area contributed by atoms with Gasteiger partial charge in [0.25, 0.3) is 0 Å². The van der Waals surface area contributed by atoms with E-state index in [1.807, 2.05) is 4.90 Å². The van der Waals surface area contributed by atoms with Gasteiger partial charge < -0.3 is 15.5 Å². The molecule has 2 saturated carbocycles. The molecule has 0 spiro atoms. The number of nitrogens with one attached hydrogen (secondary N) is 2. The lowest BCUT2D eigenvalue weighted by Gasteiger charge is -2.20. The molecule has 0 radical (unpaired) electrons. The maximum Gasteiger partial charge on any atom is 0.314 e. The first kappa shape index (κ1) is 16.6. The number of urea groups is 1. The zero-order chi connectivity index (χ0) is 16.1. The Bertz CT molecular complexity index is 414. The molecule has 0 aromatic heterocycles. The third kappa shape index (κ3) is 5.11. The predicted octanol–water partition coefficient (Wildman–Crippen LogP) is 2.66. The predicted molar refractivity (Wildman–Crippen MR) is 90.1 cm³/mol. The van der Waals surface area contributed by atoms with E-state index in [0.29, 0.717) is 24.9 Å². The van der Waals surface area contributed by atoms with Crippen molar-refractivity contribution in [3.63, 3.8) is 0 Å².